The van der Waals surface area contributed by atoms with Crippen LogP contribution in [-0.4, -0.2) is 16.6 Å². The van der Waals surface area contributed by atoms with Gasteiger partial charge in [0, 0.05) is 14.8 Å². The number of thiophene rings is 1. The summed E-state index contributed by atoms with van der Waals surface area (Å²) in [5, 5.41) is 1.71. The molecule has 4 nitrogen and oxygen atoms in total. The first-order valence-electron chi connectivity index (χ1n) is 10.1. The number of thioether (sulfide) groups is 1. The van der Waals surface area contributed by atoms with Gasteiger partial charge in [0.05, 0.1) is 17.7 Å². The van der Waals surface area contributed by atoms with Crippen molar-refractivity contribution >= 4 is 44.9 Å². The Labute approximate surface area is 195 Å². The van der Waals surface area contributed by atoms with Crippen molar-refractivity contribution in [3.8, 4) is 17.4 Å². The predicted molar refractivity (Wildman–Crippen MR) is 130 cm³/mol. The summed E-state index contributed by atoms with van der Waals surface area (Å²) in [5.74, 6) is 3.55. The molecule has 0 aliphatic rings. The second kappa shape index (κ2) is 9.90. The van der Waals surface area contributed by atoms with E-state index in [1.165, 1.54) is 4.88 Å². The zero-order valence-corrected chi connectivity index (χ0v) is 20.0. The first-order chi connectivity index (χ1) is 15.0. The average Bonchev–Trinajstić information content (AvgIpc) is 3.06. The summed E-state index contributed by atoms with van der Waals surface area (Å²) in [7, 11) is 0. The minimum absolute atomic E-state index is 0.598. The summed E-state index contributed by atoms with van der Waals surface area (Å²) >= 11 is 9.34. The molecule has 0 fully saturated rings. The average molecular weight is 471 g/mol. The fourth-order valence-electron chi connectivity index (χ4n) is 3.01. The molecular formula is C24H23ClN2O2S2. The molecule has 0 bridgehead atoms. The number of hydrogen-bond acceptors (Lipinski definition) is 6. The van der Waals surface area contributed by atoms with Crippen molar-refractivity contribution in [1.82, 2.24) is 9.97 Å². The molecule has 7 heteroatoms. The minimum atomic E-state index is 0.598. The number of hydrogen-bond donors (Lipinski definition) is 0. The zero-order chi connectivity index (χ0) is 21.8. The van der Waals surface area contributed by atoms with Crippen molar-refractivity contribution < 1.29 is 9.47 Å². The van der Waals surface area contributed by atoms with Crippen molar-refractivity contribution in [3.05, 3.63) is 69.8 Å². The molecule has 0 amide bonds. The Bertz CT molecular complexity index is 1180. The number of nitrogens with zero attached hydrogens (tertiary/aromatic N) is 2. The highest BCUT2D eigenvalue weighted by molar-refractivity contribution is 7.98. The maximum atomic E-state index is 6.23. The molecule has 0 saturated heterocycles. The molecule has 31 heavy (non-hydrogen) atoms. The second-order valence-electron chi connectivity index (χ2n) is 7.07. The van der Waals surface area contributed by atoms with Gasteiger partial charge in [-0.05, 0) is 74.4 Å². The Hall–Kier alpha value is -2.28. The lowest BCUT2D eigenvalue weighted by Crippen LogP contribution is -1.98. The van der Waals surface area contributed by atoms with Crippen LogP contribution >= 0.6 is 34.7 Å². The van der Waals surface area contributed by atoms with Crippen LogP contribution in [0.15, 0.2) is 53.4 Å². The molecule has 160 valence electrons. The molecule has 0 aliphatic carbocycles. The smallest absolute Gasteiger partial charge is 0.231 e. The van der Waals surface area contributed by atoms with E-state index in [0.29, 0.717) is 18.2 Å². The van der Waals surface area contributed by atoms with Crippen LogP contribution in [0.1, 0.15) is 29.6 Å². The number of halogens is 1. The third-order valence-corrected chi connectivity index (χ3v) is 7.10. The molecule has 2 aromatic carbocycles. The lowest BCUT2D eigenvalue weighted by Gasteiger charge is -2.10. The van der Waals surface area contributed by atoms with Gasteiger partial charge in [0.25, 0.3) is 0 Å². The van der Waals surface area contributed by atoms with Crippen molar-refractivity contribution in [2.75, 3.05) is 6.61 Å². The van der Waals surface area contributed by atoms with Gasteiger partial charge in [0.2, 0.25) is 5.88 Å². The molecular weight excluding hydrogens is 448 g/mol. The molecule has 2 heterocycles. The number of benzene rings is 2. The number of ether oxygens (including phenoxy) is 2. The van der Waals surface area contributed by atoms with Crippen molar-refractivity contribution in [2.24, 2.45) is 0 Å². The number of rotatable bonds is 8. The minimum Gasteiger partial charge on any atom is -0.494 e. The van der Waals surface area contributed by atoms with E-state index in [1.807, 2.05) is 48.5 Å². The van der Waals surface area contributed by atoms with Crippen LogP contribution in [0.5, 0.6) is 17.4 Å². The summed E-state index contributed by atoms with van der Waals surface area (Å²) in [6.45, 7) is 6.99. The molecule has 0 unspecified atom stereocenters. The number of fused-ring (bicyclic) bond motifs is 1. The van der Waals surface area contributed by atoms with Gasteiger partial charge in [-0.3, -0.25) is 0 Å². The van der Waals surface area contributed by atoms with Gasteiger partial charge in [0.1, 0.15) is 22.2 Å². The summed E-state index contributed by atoms with van der Waals surface area (Å²) in [5.41, 5.74) is 1.16. The molecule has 0 radical (unpaired) electrons. The summed E-state index contributed by atoms with van der Waals surface area (Å²) < 4.78 is 11.9. The molecule has 0 spiro atoms. The first-order valence-corrected chi connectivity index (χ1v) is 12.3. The molecule has 0 atom stereocenters. The topological polar surface area (TPSA) is 44.2 Å². The first kappa shape index (κ1) is 21.9. The molecule has 0 N–H and O–H groups in total. The van der Waals surface area contributed by atoms with Crippen LogP contribution in [-0.2, 0) is 5.75 Å². The SMILES string of the molecule is CCCOc1ccc(Oc2nc(CSc3ccc(Cl)cc3)nc3sc(C)c(C)c23)cc1. The maximum Gasteiger partial charge on any atom is 0.231 e. The van der Waals surface area contributed by atoms with E-state index >= 15 is 0 Å². The van der Waals surface area contributed by atoms with Crippen LogP contribution in [0.2, 0.25) is 5.02 Å². The third kappa shape index (κ3) is 5.32. The fourth-order valence-corrected chi connectivity index (χ4v) is 4.93. The zero-order valence-electron chi connectivity index (χ0n) is 17.6. The summed E-state index contributed by atoms with van der Waals surface area (Å²) in [6.07, 6.45) is 0.977. The van der Waals surface area contributed by atoms with Gasteiger partial charge in [-0.15, -0.1) is 23.1 Å². The van der Waals surface area contributed by atoms with E-state index in [0.717, 1.165) is 49.4 Å². The Kier molecular flexibility index (Phi) is 7.00. The quantitative estimate of drug-likeness (QED) is 0.245. The Morgan fingerprint density at radius 3 is 2.39 bits per heavy atom. The normalized spacial score (nSPS) is 11.1. The van der Waals surface area contributed by atoms with E-state index in [-0.39, 0.29) is 0 Å². The van der Waals surface area contributed by atoms with Gasteiger partial charge >= 0.3 is 0 Å². The summed E-state index contributed by atoms with van der Waals surface area (Å²) in [6, 6.07) is 15.5. The Morgan fingerprint density at radius 1 is 0.968 bits per heavy atom. The molecule has 0 aliphatic heterocycles. The van der Waals surface area contributed by atoms with Gasteiger partial charge in [0.15, 0.2) is 0 Å². The number of aryl methyl sites for hydroxylation is 2. The highest BCUT2D eigenvalue weighted by Crippen LogP contribution is 2.37. The number of aromatic nitrogens is 2. The van der Waals surface area contributed by atoms with Crippen molar-refractivity contribution in [2.45, 2.75) is 37.8 Å². The highest BCUT2D eigenvalue weighted by atomic mass is 35.5. The highest BCUT2D eigenvalue weighted by Gasteiger charge is 2.17. The summed E-state index contributed by atoms with van der Waals surface area (Å²) in [4.78, 5) is 12.9. The fraction of sp³-hybridized carbons (Fsp3) is 0.250. The van der Waals surface area contributed by atoms with E-state index < -0.39 is 0 Å². The van der Waals surface area contributed by atoms with E-state index in [4.69, 9.17) is 31.0 Å². The molecule has 2 aromatic heterocycles. The maximum absolute atomic E-state index is 6.23. The lowest BCUT2D eigenvalue weighted by atomic mass is 10.2. The molecule has 0 saturated carbocycles. The van der Waals surface area contributed by atoms with Crippen LogP contribution in [0.25, 0.3) is 10.2 Å². The van der Waals surface area contributed by atoms with Crippen LogP contribution in [0.3, 0.4) is 0 Å². The van der Waals surface area contributed by atoms with Crippen LogP contribution in [0, 0.1) is 13.8 Å². The predicted octanol–water partition coefficient (Wildman–Crippen LogP) is 7.83. The lowest BCUT2D eigenvalue weighted by molar-refractivity contribution is 0.317. The molecule has 4 rings (SSSR count). The Morgan fingerprint density at radius 2 is 1.68 bits per heavy atom. The monoisotopic (exact) mass is 470 g/mol. The van der Waals surface area contributed by atoms with Gasteiger partial charge in [-0.1, -0.05) is 18.5 Å². The van der Waals surface area contributed by atoms with Crippen LogP contribution in [0.4, 0.5) is 0 Å². The van der Waals surface area contributed by atoms with Gasteiger partial charge in [-0.25, -0.2) is 4.98 Å². The van der Waals surface area contributed by atoms with E-state index in [9.17, 15) is 0 Å². The molecule has 4 aromatic rings. The van der Waals surface area contributed by atoms with E-state index in [2.05, 4.69) is 20.8 Å². The van der Waals surface area contributed by atoms with Gasteiger partial charge < -0.3 is 9.47 Å². The van der Waals surface area contributed by atoms with Crippen molar-refractivity contribution in [3.63, 3.8) is 0 Å². The Balaban J connectivity index is 1.60. The standard InChI is InChI=1S/C24H23ClN2O2S2/c1-4-13-28-18-7-9-19(10-8-18)29-23-22-15(2)16(3)31-24(22)27-21(26-23)14-30-20-11-5-17(25)6-12-20/h5-12H,4,13-14H2,1-3H3. The largest absolute Gasteiger partial charge is 0.494 e. The third-order valence-electron chi connectivity index (χ3n) is 4.73. The second-order valence-corrected chi connectivity index (χ2v) is 9.76. The van der Waals surface area contributed by atoms with Crippen molar-refractivity contribution in [1.29, 1.82) is 0 Å². The van der Waals surface area contributed by atoms with E-state index in [1.54, 1.807) is 23.1 Å². The van der Waals surface area contributed by atoms with Crippen LogP contribution < -0.4 is 9.47 Å². The van der Waals surface area contributed by atoms with Gasteiger partial charge in [-0.2, -0.15) is 4.98 Å².